The first-order valence-corrected chi connectivity index (χ1v) is 6.28. The minimum Gasteiger partial charge on any atom is -0.491 e. The number of rotatable bonds is 5. The van der Waals surface area contributed by atoms with E-state index in [2.05, 4.69) is 10.3 Å². The lowest BCUT2D eigenvalue weighted by molar-refractivity contribution is 0.0697. The summed E-state index contributed by atoms with van der Waals surface area (Å²) in [6.45, 7) is 3.92. The molecule has 0 radical (unpaired) electrons. The Morgan fingerprint density at radius 2 is 1.95 bits per heavy atom. The molecule has 0 fully saturated rings. The molecule has 0 atom stereocenters. The molecule has 0 aliphatic rings. The van der Waals surface area contributed by atoms with Crippen LogP contribution in [-0.2, 0) is 0 Å². The van der Waals surface area contributed by atoms with Gasteiger partial charge in [-0.05, 0) is 50.2 Å². The van der Waals surface area contributed by atoms with E-state index >= 15 is 0 Å². The number of aromatic carboxylic acids is 1. The molecule has 104 valence electrons. The third-order valence-corrected chi connectivity index (χ3v) is 2.53. The lowest BCUT2D eigenvalue weighted by Crippen LogP contribution is -2.06. The number of carbonyl (C=O) groups is 1. The number of carboxylic acid groups (broad SMARTS) is 1. The molecule has 1 aromatic carbocycles. The summed E-state index contributed by atoms with van der Waals surface area (Å²) in [6.07, 6.45) is 1.66. The van der Waals surface area contributed by atoms with E-state index in [0.717, 1.165) is 11.4 Å². The van der Waals surface area contributed by atoms with Gasteiger partial charge in [-0.1, -0.05) is 0 Å². The van der Waals surface area contributed by atoms with E-state index in [9.17, 15) is 4.79 Å². The first-order valence-electron chi connectivity index (χ1n) is 6.28. The molecule has 0 saturated carbocycles. The molecule has 5 heteroatoms. The third-order valence-electron chi connectivity index (χ3n) is 2.53. The molecule has 0 spiro atoms. The second kappa shape index (κ2) is 6.06. The Morgan fingerprint density at radius 3 is 2.55 bits per heavy atom. The summed E-state index contributed by atoms with van der Waals surface area (Å²) in [6, 6.07) is 10.4. The summed E-state index contributed by atoms with van der Waals surface area (Å²) in [4.78, 5) is 15.1. The summed E-state index contributed by atoms with van der Waals surface area (Å²) in [5, 5.41) is 12.1. The molecule has 0 amide bonds. The first kappa shape index (κ1) is 13.9. The van der Waals surface area contributed by atoms with Gasteiger partial charge < -0.3 is 15.2 Å². The maximum absolute atomic E-state index is 11.1. The first-order chi connectivity index (χ1) is 9.56. The van der Waals surface area contributed by atoms with Crippen LogP contribution >= 0.6 is 0 Å². The summed E-state index contributed by atoms with van der Waals surface area (Å²) >= 11 is 0. The van der Waals surface area contributed by atoms with E-state index < -0.39 is 5.97 Å². The second-order valence-electron chi connectivity index (χ2n) is 4.52. The van der Waals surface area contributed by atoms with Crippen LogP contribution in [0.25, 0.3) is 0 Å². The van der Waals surface area contributed by atoms with E-state index in [-0.39, 0.29) is 11.7 Å². The molecule has 0 aliphatic heterocycles. The summed E-state index contributed by atoms with van der Waals surface area (Å²) in [5.74, 6) is 0.0721. The van der Waals surface area contributed by atoms with Crippen LogP contribution in [-0.4, -0.2) is 22.2 Å². The van der Waals surface area contributed by atoms with Crippen LogP contribution in [0.1, 0.15) is 24.2 Å². The van der Waals surface area contributed by atoms with Crippen molar-refractivity contribution in [3.63, 3.8) is 0 Å². The average Bonchev–Trinajstić information content (AvgIpc) is 2.41. The number of anilines is 2. The average molecular weight is 272 g/mol. The van der Waals surface area contributed by atoms with Crippen molar-refractivity contribution in [2.45, 2.75) is 20.0 Å². The van der Waals surface area contributed by atoms with E-state index in [1.165, 1.54) is 6.07 Å². The van der Waals surface area contributed by atoms with Gasteiger partial charge in [-0.2, -0.15) is 0 Å². The molecular weight excluding hydrogens is 256 g/mol. The maximum atomic E-state index is 11.1. The molecule has 0 unspecified atom stereocenters. The highest BCUT2D eigenvalue weighted by molar-refractivity contribution is 5.93. The van der Waals surface area contributed by atoms with Crippen molar-refractivity contribution in [3.05, 3.63) is 48.2 Å². The van der Waals surface area contributed by atoms with Crippen LogP contribution in [0.15, 0.2) is 42.6 Å². The van der Waals surface area contributed by atoms with Gasteiger partial charge in [-0.3, -0.25) is 0 Å². The smallest absolute Gasteiger partial charge is 0.339 e. The number of ether oxygens (including phenoxy) is 1. The van der Waals surface area contributed by atoms with Crippen LogP contribution in [0.2, 0.25) is 0 Å². The molecule has 0 bridgehead atoms. The standard InChI is InChI=1S/C15H16N2O3/c1-10(2)20-12-7-5-11(6-8-12)17-14-13(15(18)19)4-3-9-16-14/h3-10H,1-2H3,(H,16,17)(H,18,19). The molecule has 2 N–H and O–H groups in total. The van der Waals surface area contributed by atoms with Crippen molar-refractivity contribution in [2.24, 2.45) is 0 Å². The largest absolute Gasteiger partial charge is 0.491 e. The van der Waals surface area contributed by atoms with E-state index in [4.69, 9.17) is 9.84 Å². The van der Waals surface area contributed by atoms with Crippen molar-refractivity contribution in [2.75, 3.05) is 5.32 Å². The van der Waals surface area contributed by atoms with Crippen molar-refractivity contribution >= 4 is 17.5 Å². The van der Waals surface area contributed by atoms with Crippen LogP contribution < -0.4 is 10.1 Å². The summed E-state index contributed by atoms with van der Waals surface area (Å²) < 4.78 is 5.54. The second-order valence-corrected chi connectivity index (χ2v) is 4.52. The summed E-state index contributed by atoms with van der Waals surface area (Å²) in [5.41, 5.74) is 0.886. The Morgan fingerprint density at radius 1 is 1.25 bits per heavy atom. The number of hydrogen-bond acceptors (Lipinski definition) is 4. The number of carboxylic acids is 1. The highest BCUT2D eigenvalue weighted by Crippen LogP contribution is 2.21. The van der Waals surface area contributed by atoms with Crippen LogP contribution in [0.3, 0.4) is 0 Å². The fraction of sp³-hybridized carbons (Fsp3) is 0.200. The van der Waals surface area contributed by atoms with E-state index in [1.54, 1.807) is 12.3 Å². The number of hydrogen-bond donors (Lipinski definition) is 2. The number of nitrogens with one attached hydrogen (secondary N) is 1. The topological polar surface area (TPSA) is 71.5 Å². The molecule has 1 aromatic heterocycles. The number of pyridine rings is 1. The van der Waals surface area contributed by atoms with Crippen molar-refractivity contribution in [1.29, 1.82) is 0 Å². The maximum Gasteiger partial charge on any atom is 0.339 e. The fourth-order valence-corrected chi connectivity index (χ4v) is 1.70. The van der Waals surface area contributed by atoms with Gasteiger partial charge in [-0.25, -0.2) is 9.78 Å². The number of aromatic nitrogens is 1. The zero-order valence-corrected chi connectivity index (χ0v) is 11.3. The predicted octanol–water partition coefficient (Wildman–Crippen LogP) is 3.31. The van der Waals surface area contributed by atoms with Gasteiger partial charge in [0.25, 0.3) is 0 Å². The van der Waals surface area contributed by atoms with Gasteiger partial charge in [0.05, 0.1) is 6.10 Å². The van der Waals surface area contributed by atoms with Crippen molar-refractivity contribution in [3.8, 4) is 5.75 Å². The van der Waals surface area contributed by atoms with Crippen LogP contribution in [0.5, 0.6) is 5.75 Å². The highest BCUT2D eigenvalue weighted by Gasteiger charge is 2.10. The Labute approximate surface area is 117 Å². The highest BCUT2D eigenvalue weighted by atomic mass is 16.5. The van der Waals surface area contributed by atoms with Crippen LogP contribution in [0.4, 0.5) is 11.5 Å². The Balaban J connectivity index is 2.16. The Hall–Kier alpha value is -2.56. The molecule has 20 heavy (non-hydrogen) atoms. The van der Waals surface area contributed by atoms with Gasteiger partial charge in [0.15, 0.2) is 0 Å². The van der Waals surface area contributed by atoms with Crippen molar-refractivity contribution in [1.82, 2.24) is 4.98 Å². The zero-order valence-electron chi connectivity index (χ0n) is 11.3. The van der Waals surface area contributed by atoms with Gasteiger partial charge in [0, 0.05) is 11.9 Å². The van der Waals surface area contributed by atoms with Crippen LogP contribution in [0, 0.1) is 0 Å². The molecule has 1 heterocycles. The van der Waals surface area contributed by atoms with Gasteiger partial charge >= 0.3 is 5.97 Å². The SMILES string of the molecule is CC(C)Oc1ccc(Nc2ncccc2C(=O)O)cc1. The van der Waals surface area contributed by atoms with Gasteiger partial charge in [-0.15, -0.1) is 0 Å². The fourth-order valence-electron chi connectivity index (χ4n) is 1.70. The number of benzene rings is 1. The molecule has 5 nitrogen and oxygen atoms in total. The zero-order chi connectivity index (χ0) is 14.5. The molecule has 0 aliphatic carbocycles. The third kappa shape index (κ3) is 3.47. The van der Waals surface area contributed by atoms with Crippen molar-refractivity contribution < 1.29 is 14.6 Å². The molecular formula is C15H16N2O3. The monoisotopic (exact) mass is 272 g/mol. The summed E-state index contributed by atoms with van der Waals surface area (Å²) in [7, 11) is 0. The van der Waals surface area contributed by atoms with E-state index in [0.29, 0.717) is 5.82 Å². The predicted molar refractivity (Wildman–Crippen MR) is 76.7 cm³/mol. The molecule has 2 rings (SSSR count). The minimum absolute atomic E-state index is 0.114. The Kier molecular flexibility index (Phi) is 4.20. The minimum atomic E-state index is -1.01. The van der Waals surface area contributed by atoms with Gasteiger partial charge in [0.1, 0.15) is 17.1 Å². The van der Waals surface area contributed by atoms with Gasteiger partial charge in [0.2, 0.25) is 0 Å². The molecule has 2 aromatic rings. The lowest BCUT2D eigenvalue weighted by atomic mass is 10.2. The number of nitrogens with zero attached hydrogens (tertiary/aromatic N) is 1. The quantitative estimate of drug-likeness (QED) is 0.873. The van der Waals surface area contributed by atoms with E-state index in [1.807, 2.05) is 38.1 Å². The lowest BCUT2D eigenvalue weighted by Gasteiger charge is -2.11. The Bertz CT molecular complexity index is 594. The molecule has 0 saturated heterocycles. The normalized spacial score (nSPS) is 10.3.